The first kappa shape index (κ1) is 13.8. The predicted molar refractivity (Wildman–Crippen MR) is 69.6 cm³/mol. The lowest BCUT2D eigenvalue weighted by atomic mass is 10.3. The van der Waals surface area contributed by atoms with Crippen LogP contribution in [-0.2, 0) is 4.79 Å². The van der Waals surface area contributed by atoms with Crippen molar-refractivity contribution in [3.8, 4) is 0 Å². The minimum atomic E-state index is -1.06. The van der Waals surface area contributed by atoms with Gasteiger partial charge in [-0.1, -0.05) is 24.3 Å². The fourth-order valence-corrected chi connectivity index (χ4v) is 1.49. The number of para-hydroxylation sites is 1. The van der Waals surface area contributed by atoms with Gasteiger partial charge in [0, 0.05) is 19.3 Å². The van der Waals surface area contributed by atoms with Gasteiger partial charge in [-0.3, -0.25) is 9.69 Å². The number of urea groups is 1. The van der Waals surface area contributed by atoms with Gasteiger partial charge in [-0.15, -0.1) is 6.58 Å². The van der Waals surface area contributed by atoms with Gasteiger partial charge < -0.3 is 10.0 Å². The van der Waals surface area contributed by atoms with Crippen molar-refractivity contribution in [2.45, 2.75) is 0 Å². The molecule has 0 atom stereocenters. The van der Waals surface area contributed by atoms with E-state index in [0.717, 1.165) is 0 Å². The number of rotatable bonds is 5. The van der Waals surface area contributed by atoms with E-state index in [1.807, 2.05) is 0 Å². The van der Waals surface area contributed by atoms with E-state index >= 15 is 0 Å². The van der Waals surface area contributed by atoms with Gasteiger partial charge in [-0.05, 0) is 12.1 Å². The number of hydrogen-bond acceptors (Lipinski definition) is 2. The molecule has 5 heteroatoms. The van der Waals surface area contributed by atoms with Gasteiger partial charge in [0.05, 0.1) is 0 Å². The third-order valence-electron chi connectivity index (χ3n) is 2.32. The average molecular weight is 248 g/mol. The van der Waals surface area contributed by atoms with Gasteiger partial charge in [-0.25, -0.2) is 4.79 Å². The first-order chi connectivity index (χ1) is 8.56. The first-order valence-electron chi connectivity index (χ1n) is 5.46. The number of nitrogens with zero attached hydrogens (tertiary/aromatic N) is 2. The van der Waals surface area contributed by atoms with E-state index in [4.69, 9.17) is 5.11 Å². The van der Waals surface area contributed by atoms with Crippen LogP contribution in [0.4, 0.5) is 10.5 Å². The third-order valence-corrected chi connectivity index (χ3v) is 2.32. The molecule has 0 aliphatic heterocycles. The van der Waals surface area contributed by atoms with Gasteiger partial charge in [0.25, 0.3) is 0 Å². The maximum atomic E-state index is 12.1. The Morgan fingerprint density at radius 2 is 1.94 bits per heavy atom. The molecular weight excluding hydrogens is 232 g/mol. The number of anilines is 1. The summed E-state index contributed by atoms with van der Waals surface area (Å²) in [5, 5.41) is 8.87. The second-order valence-corrected chi connectivity index (χ2v) is 3.77. The lowest BCUT2D eigenvalue weighted by Crippen LogP contribution is -2.44. The molecule has 0 saturated carbocycles. The van der Waals surface area contributed by atoms with Crippen molar-refractivity contribution in [2.75, 3.05) is 25.0 Å². The molecule has 96 valence electrons. The summed E-state index contributed by atoms with van der Waals surface area (Å²) in [7, 11) is 1.60. The van der Waals surface area contributed by atoms with Crippen molar-refractivity contribution >= 4 is 17.7 Å². The summed E-state index contributed by atoms with van der Waals surface area (Å²) < 4.78 is 0. The molecule has 0 spiro atoms. The molecule has 0 heterocycles. The van der Waals surface area contributed by atoms with Crippen molar-refractivity contribution in [1.82, 2.24) is 4.90 Å². The molecular formula is C13H16N2O3. The summed E-state index contributed by atoms with van der Waals surface area (Å²) in [5.74, 6) is -1.06. The van der Waals surface area contributed by atoms with Gasteiger partial charge >= 0.3 is 12.0 Å². The van der Waals surface area contributed by atoms with Crippen molar-refractivity contribution in [3.63, 3.8) is 0 Å². The van der Waals surface area contributed by atoms with E-state index in [9.17, 15) is 9.59 Å². The van der Waals surface area contributed by atoms with Crippen LogP contribution < -0.4 is 4.90 Å². The lowest BCUT2D eigenvalue weighted by molar-refractivity contribution is -0.135. The highest BCUT2D eigenvalue weighted by Crippen LogP contribution is 2.14. The number of carboxylic acids is 1. The molecule has 0 aliphatic rings. The minimum Gasteiger partial charge on any atom is -0.480 e. The number of hydrogen-bond donors (Lipinski definition) is 1. The van der Waals surface area contributed by atoms with E-state index in [2.05, 4.69) is 6.58 Å². The number of carboxylic acid groups (broad SMARTS) is 1. The molecule has 5 nitrogen and oxygen atoms in total. The fourth-order valence-electron chi connectivity index (χ4n) is 1.49. The molecule has 1 rings (SSSR count). The Hall–Kier alpha value is -2.30. The predicted octanol–water partition coefficient (Wildman–Crippen LogP) is 1.82. The van der Waals surface area contributed by atoms with E-state index in [-0.39, 0.29) is 12.6 Å². The summed E-state index contributed by atoms with van der Waals surface area (Å²) in [6.45, 7) is 3.54. The molecule has 1 aromatic carbocycles. The van der Waals surface area contributed by atoms with Crippen molar-refractivity contribution in [3.05, 3.63) is 43.0 Å². The van der Waals surface area contributed by atoms with Crippen LogP contribution in [0.3, 0.4) is 0 Å². The van der Waals surface area contributed by atoms with Crippen LogP contribution >= 0.6 is 0 Å². The highest BCUT2D eigenvalue weighted by molar-refractivity contribution is 5.96. The van der Waals surface area contributed by atoms with Gasteiger partial charge in [-0.2, -0.15) is 0 Å². The molecule has 2 amide bonds. The zero-order valence-electron chi connectivity index (χ0n) is 10.2. The molecule has 0 aromatic heterocycles. The number of carbonyl (C=O) groups excluding carboxylic acids is 1. The minimum absolute atomic E-state index is 0.363. The lowest BCUT2D eigenvalue weighted by Gasteiger charge is -2.26. The topological polar surface area (TPSA) is 60.9 Å². The van der Waals surface area contributed by atoms with E-state index < -0.39 is 5.97 Å². The van der Waals surface area contributed by atoms with E-state index in [1.165, 1.54) is 9.80 Å². The van der Waals surface area contributed by atoms with Crippen molar-refractivity contribution in [2.24, 2.45) is 0 Å². The molecule has 1 N–H and O–H groups in total. The van der Waals surface area contributed by atoms with Crippen LogP contribution in [0.25, 0.3) is 0 Å². The quantitative estimate of drug-likeness (QED) is 0.808. The molecule has 0 unspecified atom stereocenters. The van der Waals surface area contributed by atoms with Crippen LogP contribution in [0.1, 0.15) is 0 Å². The van der Waals surface area contributed by atoms with Gasteiger partial charge in [0.15, 0.2) is 0 Å². The second-order valence-electron chi connectivity index (χ2n) is 3.77. The van der Waals surface area contributed by atoms with E-state index in [0.29, 0.717) is 12.2 Å². The molecule has 0 aliphatic carbocycles. The van der Waals surface area contributed by atoms with Crippen LogP contribution in [0.5, 0.6) is 0 Å². The maximum Gasteiger partial charge on any atom is 0.325 e. The fraction of sp³-hybridized carbons (Fsp3) is 0.231. The number of carbonyl (C=O) groups is 2. The van der Waals surface area contributed by atoms with Gasteiger partial charge in [0.1, 0.15) is 6.54 Å². The standard InChI is InChI=1S/C13H16N2O3/c1-3-9-14(2)13(18)15(10-12(16)17)11-7-5-4-6-8-11/h3-8H,1,9-10H2,2H3,(H,16,17). The smallest absolute Gasteiger partial charge is 0.325 e. The Bertz CT molecular complexity index is 431. The Labute approximate surface area is 106 Å². The van der Waals surface area contributed by atoms with Crippen LogP contribution in [0, 0.1) is 0 Å². The molecule has 1 aromatic rings. The van der Waals surface area contributed by atoms with Crippen molar-refractivity contribution < 1.29 is 14.7 Å². The number of aliphatic carboxylic acids is 1. The first-order valence-corrected chi connectivity index (χ1v) is 5.46. The maximum absolute atomic E-state index is 12.1. The molecule has 0 saturated heterocycles. The largest absolute Gasteiger partial charge is 0.480 e. The molecule has 0 fully saturated rings. The number of likely N-dealkylation sites (N-methyl/N-ethyl adjacent to an activating group) is 1. The summed E-state index contributed by atoms with van der Waals surface area (Å²) in [4.78, 5) is 25.6. The van der Waals surface area contributed by atoms with E-state index in [1.54, 1.807) is 43.5 Å². The van der Waals surface area contributed by atoms with Crippen molar-refractivity contribution in [1.29, 1.82) is 0 Å². The highest BCUT2D eigenvalue weighted by Gasteiger charge is 2.21. The summed E-state index contributed by atoms with van der Waals surface area (Å²) in [5.41, 5.74) is 0.556. The number of benzene rings is 1. The zero-order chi connectivity index (χ0) is 13.5. The summed E-state index contributed by atoms with van der Waals surface area (Å²) in [6.07, 6.45) is 1.59. The second kappa shape index (κ2) is 6.44. The van der Waals surface area contributed by atoms with Gasteiger partial charge in [0.2, 0.25) is 0 Å². The monoisotopic (exact) mass is 248 g/mol. The van der Waals surface area contributed by atoms with Crippen LogP contribution in [0.15, 0.2) is 43.0 Å². The Balaban J connectivity index is 2.95. The zero-order valence-corrected chi connectivity index (χ0v) is 10.2. The SMILES string of the molecule is C=CCN(C)C(=O)N(CC(=O)O)c1ccccc1. The molecule has 0 radical (unpaired) electrons. The average Bonchev–Trinajstić information content (AvgIpc) is 2.36. The molecule has 0 bridgehead atoms. The molecule has 18 heavy (non-hydrogen) atoms. The Morgan fingerprint density at radius 1 is 1.33 bits per heavy atom. The summed E-state index contributed by atoms with van der Waals surface area (Å²) >= 11 is 0. The van der Waals surface area contributed by atoms with Crippen LogP contribution in [-0.4, -0.2) is 42.1 Å². The Morgan fingerprint density at radius 3 is 2.44 bits per heavy atom. The normalized spacial score (nSPS) is 9.61. The van der Waals surface area contributed by atoms with Crippen LogP contribution in [0.2, 0.25) is 0 Å². The number of amides is 2. The highest BCUT2D eigenvalue weighted by atomic mass is 16.4. The summed E-state index contributed by atoms with van der Waals surface area (Å²) in [6, 6.07) is 8.34. The Kier molecular flexibility index (Phi) is 4.92. The third kappa shape index (κ3) is 3.62.